The Morgan fingerprint density at radius 2 is 1.67 bits per heavy atom. The van der Waals surface area contributed by atoms with Crippen molar-refractivity contribution in [3.63, 3.8) is 0 Å². The summed E-state index contributed by atoms with van der Waals surface area (Å²) in [7, 11) is -3.87. The van der Waals surface area contributed by atoms with Crippen molar-refractivity contribution in [3.05, 3.63) is 66.0 Å². The maximum absolute atomic E-state index is 14.2. The molecule has 2 aromatic rings. The molecule has 0 heterocycles. The van der Waals surface area contributed by atoms with Crippen LogP contribution in [0.15, 0.2) is 54.6 Å². The van der Waals surface area contributed by atoms with Gasteiger partial charge in [-0.15, -0.1) is 0 Å². The predicted octanol–water partition coefficient (Wildman–Crippen LogP) is 3.12. The Morgan fingerprint density at radius 3 is 2.22 bits per heavy atom. The summed E-state index contributed by atoms with van der Waals surface area (Å²) in [6.45, 7) is 5.17. The van der Waals surface area contributed by atoms with Gasteiger partial charge in [0.1, 0.15) is 11.9 Å². The number of carbonyl (C=O) groups excluding carboxylic acids is 1. The van der Waals surface area contributed by atoms with Crippen LogP contribution in [0.5, 0.6) is 0 Å². The minimum atomic E-state index is -3.87. The average Bonchev–Trinajstić information content (AvgIpc) is 2.55. The number of nitrogens with one attached hydrogen (secondary N) is 1. The molecule has 0 unspecified atom stereocenters. The molecular formula is C20H25FN2O3S. The van der Waals surface area contributed by atoms with Gasteiger partial charge in [-0.25, -0.2) is 12.8 Å². The van der Waals surface area contributed by atoms with Crippen molar-refractivity contribution in [2.24, 2.45) is 0 Å². The second-order valence-electron chi connectivity index (χ2n) is 7.22. The fraction of sp³-hybridized carbons (Fsp3) is 0.350. The van der Waals surface area contributed by atoms with E-state index in [0.717, 1.165) is 22.2 Å². The van der Waals surface area contributed by atoms with Gasteiger partial charge in [-0.05, 0) is 44.9 Å². The first-order chi connectivity index (χ1) is 12.5. The fourth-order valence-electron chi connectivity index (χ4n) is 3.00. The molecule has 1 N–H and O–H groups in total. The summed E-state index contributed by atoms with van der Waals surface area (Å²) in [5.74, 6) is -1.20. The standard InChI is InChI=1S/C20H25FN2O3S/c1-15(23(27(4,25)26)18-13-9-8-12-17(18)21)19(24)22-20(2,3)14-16-10-6-5-7-11-16/h5-13,15H,14H2,1-4H3,(H,22,24)/t15-/m1/s1. The first-order valence-electron chi connectivity index (χ1n) is 8.61. The van der Waals surface area contributed by atoms with Crippen molar-refractivity contribution in [3.8, 4) is 0 Å². The van der Waals surface area contributed by atoms with Crippen molar-refractivity contribution in [1.82, 2.24) is 5.32 Å². The van der Waals surface area contributed by atoms with E-state index < -0.39 is 33.3 Å². The summed E-state index contributed by atoms with van der Waals surface area (Å²) < 4.78 is 39.5. The van der Waals surface area contributed by atoms with E-state index in [-0.39, 0.29) is 5.69 Å². The lowest BCUT2D eigenvalue weighted by Gasteiger charge is -2.33. The fourth-order valence-corrected chi connectivity index (χ4v) is 4.18. The summed E-state index contributed by atoms with van der Waals surface area (Å²) in [6, 6.07) is 14.1. The Labute approximate surface area is 160 Å². The van der Waals surface area contributed by atoms with Gasteiger partial charge in [0.25, 0.3) is 0 Å². The second kappa shape index (κ2) is 8.08. The topological polar surface area (TPSA) is 66.5 Å². The van der Waals surface area contributed by atoms with Crippen molar-refractivity contribution >= 4 is 21.6 Å². The van der Waals surface area contributed by atoms with E-state index in [4.69, 9.17) is 0 Å². The molecule has 2 rings (SSSR count). The third-order valence-electron chi connectivity index (χ3n) is 4.13. The minimum Gasteiger partial charge on any atom is -0.349 e. The quantitative estimate of drug-likeness (QED) is 0.787. The van der Waals surface area contributed by atoms with Crippen LogP contribution in [0.1, 0.15) is 26.3 Å². The highest BCUT2D eigenvalue weighted by atomic mass is 32.2. The van der Waals surface area contributed by atoms with E-state index in [9.17, 15) is 17.6 Å². The summed E-state index contributed by atoms with van der Waals surface area (Å²) in [5.41, 5.74) is 0.290. The third-order valence-corrected chi connectivity index (χ3v) is 5.36. The van der Waals surface area contributed by atoms with E-state index >= 15 is 0 Å². The van der Waals surface area contributed by atoms with Gasteiger partial charge in [-0.2, -0.15) is 0 Å². The van der Waals surface area contributed by atoms with Gasteiger partial charge in [-0.3, -0.25) is 9.10 Å². The van der Waals surface area contributed by atoms with Gasteiger partial charge in [0, 0.05) is 5.54 Å². The Kier molecular flexibility index (Phi) is 6.26. The molecule has 0 aliphatic heterocycles. The number of anilines is 1. The zero-order chi connectivity index (χ0) is 20.2. The van der Waals surface area contributed by atoms with Crippen LogP contribution in [0.2, 0.25) is 0 Å². The molecule has 1 atom stereocenters. The van der Waals surface area contributed by atoms with Gasteiger partial charge in [0.05, 0.1) is 11.9 Å². The Hall–Kier alpha value is -2.41. The van der Waals surface area contributed by atoms with Crippen LogP contribution in [0, 0.1) is 5.82 Å². The zero-order valence-corrected chi connectivity index (χ0v) is 16.8. The normalized spacial score (nSPS) is 13.1. The highest BCUT2D eigenvalue weighted by Gasteiger charge is 2.33. The number of sulfonamides is 1. The molecular weight excluding hydrogens is 367 g/mol. The zero-order valence-electron chi connectivity index (χ0n) is 15.9. The average molecular weight is 392 g/mol. The van der Waals surface area contributed by atoms with Gasteiger partial charge in [-0.1, -0.05) is 42.5 Å². The molecule has 0 aromatic heterocycles. The first-order valence-corrected chi connectivity index (χ1v) is 10.5. The van der Waals surface area contributed by atoms with Crippen LogP contribution in [0.3, 0.4) is 0 Å². The molecule has 5 nitrogen and oxygen atoms in total. The summed E-state index contributed by atoms with van der Waals surface area (Å²) >= 11 is 0. The van der Waals surface area contributed by atoms with Crippen LogP contribution < -0.4 is 9.62 Å². The number of para-hydroxylation sites is 1. The number of benzene rings is 2. The number of hydrogen-bond acceptors (Lipinski definition) is 3. The van der Waals surface area contributed by atoms with E-state index in [1.54, 1.807) is 0 Å². The highest BCUT2D eigenvalue weighted by Crippen LogP contribution is 2.24. The lowest BCUT2D eigenvalue weighted by molar-refractivity contribution is -0.123. The predicted molar refractivity (Wildman–Crippen MR) is 106 cm³/mol. The number of rotatable bonds is 7. The molecule has 1 amide bonds. The largest absolute Gasteiger partial charge is 0.349 e. The van der Waals surface area contributed by atoms with Gasteiger partial charge in [0.15, 0.2) is 0 Å². The summed E-state index contributed by atoms with van der Waals surface area (Å²) in [5, 5.41) is 2.88. The van der Waals surface area contributed by atoms with Crippen LogP contribution in [0.4, 0.5) is 10.1 Å². The number of hydrogen-bond donors (Lipinski definition) is 1. The number of carbonyl (C=O) groups is 1. The van der Waals surface area contributed by atoms with E-state index in [2.05, 4.69) is 5.32 Å². The smallest absolute Gasteiger partial charge is 0.244 e. The number of halogens is 1. The molecule has 0 radical (unpaired) electrons. The minimum absolute atomic E-state index is 0.150. The number of amides is 1. The molecule has 0 bridgehead atoms. The van der Waals surface area contributed by atoms with Gasteiger partial charge < -0.3 is 5.32 Å². The van der Waals surface area contributed by atoms with Crippen LogP contribution >= 0.6 is 0 Å². The second-order valence-corrected chi connectivity index (χ2v) is 9.08. The highest BCUT2D eigenvalue weighted by molar-refractivity contribution is 7.92. The van der Waals surface area contributed by atoms with Crippen molar-refractivity contribution in [2.75, 3.05) is 10.6 Å². The molecule has 2 aromatic carbocycles. The monoisotopic (exact) mass is 392 g/mol. The molecule has 0 fully saturated rings. The molecule has 27 heavy (non-hydrogen) atoms. The lowest BCUT2D eigenvalue weighted by atomic mass is 9.94. The maximum Gasteiger partial charge on any atom is 0.244 e. The summed E-state index contributed by atoms with van der Waals surface area (Å²) in [6.07, 6.45) is 1.53. The van der Waals surface area contributed by atoms with E-state index in [0.29, 0.717) is 6.42 Å². The Morgan fingerprint density at radius 1 is 1.11 bits per heavy atom. The van der Waals surface area contributed by atoms with Crippen molar-refractivity contribution in [2.45, 2.75) is 38.8 Å². The maximum atomic E-state index is 14.2. The molecule has 0 aliphatic rings. The molecule has 7 heteroatoms. The Bertz CT molecular complexity index is 898. The van der Waals surface area contributed by atoms with Crippen molar-refractivity contribution < 1.29 is 17.6 Å². The molecule has 0 saturated carbocycles. The van der Waals surface area contributed by atoms with Crippen LogP contribution in [-0.2, 0) is 21.2 Å². The van der Waals surface area contributed by atoms with Crippen molar-refractivity contribution in [1.29, 1.82) is 0 Å². The van der Waals surface area contributed by atoms with E-state index in [1.165, 1.54) is 25.1 Å². The lowest BCUT2D eigenvalue weighted by Crippen LogP contribution is -2.54. The molecule has 0 saturated heterocycles. The third kappa shape index (κ3) is 5.53. The first kappa shape index (κ1) is 20.9. The van der Waals surface area contributed by atoms with E-state index in [1.807, 2.05) is 44.2 Å². The summed E-state index contributed by atoms with van der Waals surface area (Å²) in [4.78, 5) is 12.8. The molecule has 146 valence electrons. The SMILES string of the molecule is C[C@H](C(=O)NC(C)(C)Cc1ccccc1)N(c1ccccc1F)S(C)(=O)=O. The van der Waals surface area contributed by atoms with Gasteiger partial charge >= 0.3 is 0 Å². The van der Waals surface area contributed by atoms with Gasteiger partial charge in [0.2, 0.25) is 15.9 Å². The molecule has 0 spiro atoms. The molecule has 0 aliphatic carbocycles. The Balaban J connectivity index is 2.24. The van der Waals surface area contributed by atoms with Crippen LogP contribution in [-0.4, -0.2) is 32.2 Å². The number of nitrogens with zero attached hydrogens (tertiary/aromatic N) is 1. The van der Waals surface area contributed by atoms with Crippen LogP contribution in [0.25, 0.3) is 0 Å².